The predicted molar refractivity (Wildman–Crippen MR) is 98.7 cm³/mol. The van der Waals surface area contributed by atoms with Crippen molar-refractivity contribution in [3.63, 3.8) is 0 Å². The van der Waals surface area contributed by atoms with E-state index < -0.39 is 0 Å². The van der Waals surface area contributed by atoms with Gasteiger partial charge in [0.05, 0.1) is 11.9 Å². The maximum atomic E-state index is 13.1. The fourth-order valence-electron chi connectivity index (χ4n) is 3.76. The van der Waals surface area contributed by atoms with Crippen molar-refractivity contribution in [1.29, 1.82) is 0 Å². The van der Waals surface area contributed by atoms with Crippen LogP contribution in [-0.4, -0.2) is 64.7 Å². The predicted octanol–water partition coefficient (Wildman–Crippen LogP) is 0.926. The second kappa shape index (κ2) is 7.17. The zero-order valence-electron chi connectivity index (χ0n) is 15.0. The molecular formula is C19H24FN5O. The third kappa shape index (κ3) is 3.64. The summed E-state index contributed by atoms with van der Waals surface area (Å²) in [4.78, 5) is 22.9. The Kier molecular flexibility index (Phi) is 4.74. The van der Waals surface area contributed by atoms with Crippen LogP contribution >= 0.6 is 0 Å². The molecule has 0 bridgehead atoms. The molecule has 0 N–H and O–H groups in total. The first-order valence-corrected chi connectivity index (χ1v) is 9.07. The van der Waals surface area contributed by atoms with Gasteiger partial charge in [0.15, 0.2) is 0 Å². The van der Waals surface area contributed by atoms with Crippen LogP contribution in [0.3, 0.4) is 0 Å². The Hall–Kier alpha value is -2.25. The van der Waals surface area contributed by atoms with Crippen LogP contribution in [0.25, 0.3) is 0 Å². The zero-order valence-corrected chi connectivity index (χ0v) is 15.0. The van der Waals surface area contributed by atoms with E-state index in [9.17, 15) is 9.18 Å². The fraction of sp³-hybridized carbons (Fsp3) is 0.474. The SMILES string of the molecule is Cn1cc(CN2CC(N3CCN(c4ccc(F)cc4)CC3)C2)ncc1=O. The number of halogens is 1. The molecule has 0 radical (unpaired) electrons. The van der Waals surface area contributed by atoms with E-state index in [1.165, 1.54) is 18.3 Å². The number of piperazine rings is 1. The molecule has 3 heterocycles. The lowest BCUT2D eigenvalue weighted by Crippen LogP contribution is -2.62. The van der Waals surface area contributed by atoms with Gasteiger partial charge in [0.25, 0.3) is 5.56 Å². The van der Waals surface area contributed by atoms with E-state index in [-0.39, 0.29) is 11.4 Å². The van der Waals surface area contributed by atoms with Gasteiger partial charge in [0.1, 0.15) is 5.82 Å². The molecule has 2 saturated heterocycles. The van der Waals surface area contributed by atoms with Gasteiger partial charge in [-0.2, -0.15) is 0 Å². The number of rotatable bonds is 4. The molecule has 1 aromatic heterocycles. The summed E-state index contributed by atoms with van der Waals surface area (Å²) >= 11 is 0. The third-order valence-corrected chi connectivity index (χ3v) is 5.38. The topological polar surface area (TPSA) is 44.6 Å². The maximum Gasteiger partial charge on any atom is 0.268 e. The highest BCUT2D eigenvalue weighted by Gasteiger charge is 2.33. The largest absolute Gasteiger partial charge is 0.369 e. The molecule has 2 fully saturated rings. The lowest BCUT2D eigenvalue weighted by molar-refractivity contribution is 0.0247. The van der Waals surface area contributed by atoms with Crippen LogP contribution in [-0.2, 0) is 13.6 Å². The molecule has 0 aliphatic carbocycles. The van der Waals surface area contributed by atoms with Crippen molar-refractivity contribution in [2.24, 2.45) is 7.05 Å². The molecule has 4 rings (SSSR count). The minimum Gasteiger partial charge on any atom is -0.369 e. The molecule has 2 aromatic rings. The van der Waals surface area contributed by atoms with Gasteiger partial charge in [-0.15, -0.1) is 0 Å². The molecule has 2 aliphatic heterocycles. The summed E-state index contributed by atoms with van der Waals surface area (Å²) in [6.07, 6.45) is 3.21. The van der Waals surface area contributed by atoms with Gasteiger partial charge in [-0.1, -0.05) is 0 Å². The molecule has 26 heavy (non-hydrogen) atoms. The highest BCUT2D eigenvalue weighted by molar-refractivity contribution is 5.46. The van der Waals surface area contributed by atoms with E-state index in [1.54, 1.807) is 11.6 Å². The Balaban J connectivity index is 1.24. The highest BCUT2D eigenvalue weighted by Crippen LogP contribution is 2.21. The standard InChI is InChI=1S/C19H24FN5O/c1-22-11-16(21-10-19(22)26)12-23-13-18(14-23)25-8-6-24(7-9-25)17-4-2-15(20)3-5-17/h2-5,10-11,18H,6-9,12-14H2,1H3. The number of nitrogens with zero attached hydrogens (tertiary/aromatic N) is 5. The highest BCUT2D eigenvalue weighted by atomic mass is 19.1. The summed E-state index contributed by atoms with van der Waals surface area (Å²) in [5.41, 5.74) is 1.96. The summed E-state index contributed by atoms with van der Waals surface area (Å²) in [6, 6.07) is 7.36. The maximum absolute atomic E-state index is 13.1. The Labute approximate surface area is 152 Å². The molecule has 138 valence electrons. The number of likely N-dealkylation sites (tertiary alicyclic amines) is 1. The van der Waals surface area contributed by atoms with E-state index in [4.69, 9.17) is 0 Å². The van der Waals surface area contributed by atoms with Gasteiger partial charge >= 0.3 is 0 Å². The first kappa shape index (κ1) is 17.2. The molecule has 0 unspecified atom stereocenters. The van der Waals surface area contributed by atoms with Crippen LogP contribution in [0.2, 0.25) is 0 Å². The second-order valence-electron chi connectivity index (χ2n) is 7.18. The van der Waals surface area contributed by atoms with Crippen molar-refractivity contribution in [2.45, 2.75) is 12.6 Å². The first-order chi connectivity index (χ1) is 12.6. The first-order valence-electron chi connectivity index (χ1n) is 9.07. The minimum absolute atomic E-state index is 0.0748. The van der Waals surface area contributed by atoms with Gasteiger partial charge < -0.3 is 9.47 Å². The zero-order chi connectivity index (χ0) is 18.1. The van der Waals surface area contributed by atoms with Gasteiger partial charge in [0, 0.05) is 70.8 Å². The van der Waals surface area contributed by atoms with Gasteiger partial charge in [-0.3, -0.25) is 19.6 Å². The third-order valence-electron chi connectivity index (χ3n) is 5.38. The molecule has 0 saturated carbocycles. The molecule has 0 amide bonds. The Morgan fingerprint density at radius 3 is 2.46 bits per heavy atom. The monoisotopic (exact) mass is 357 g/mol. The molecule has 2 aliphatic rings. The lowest BCUT2D eigenvalue weighted by Gasteiger charge is -2.48. The van der Waals surface area contributed by atoms with E-state index >= 15 is 0 Å². The Morgan fingerprint density at radius 1 is 1.12 bits per heavy atom. The summed E-state index contributed by atoms with van der Waals surface area (Å²) in [5.74, 6) is -0.185. The number of hydrogen-bond donors (Lipinski definition) is 0. The van der Waals surface area contributed by atoms with Crippen LogP contribution in [0, 0.1) is 5.82 Å². The summed E-state index contributed by atoms with van der Waals surface area (Å²) in [7, 11) is 1.76. The average Bonchev–Trinajstić information content (AvgIpc) is 2.62. The van der Waals surface area contributed by atoms with Crippen molar-refractivity contribution in [3.8, 4) is 0 Å². The van der Waals surface area contributed by atoms with Crippen LogP contribution in [0.5, 0.6) is 0 Å². The van der Waals surface area contributed by atoms with Crippen LogP contribution in [0.4, 0.5) is 10.1 Å². The summed E-state index contributed by atoms with van der Waals surface area (Å²) < 4.78 is 14.6. The van der Waals surface area contributed by atoms with Crippen molar-refractivity contribution in [2.75, 3.05) is 44.2 Å². The molecule has 6 nitrogen and oxygen atoms in total. The number of benzene rings is 1. The lowest BCUT2D eigenvalue weighted by atomic mass is 10.1. The molecule has 0 atom stereocenters. The smallest absolute Gasteiger partial charge is 0.268 e. The normalized spacial score (nSPS) is 19.5. The molecule has 7 heteroatoms. The van der Waals surface area contributed by atoms with E-state index in [1.807, 2.05) is 18.3 Å². The van der Waals surface area contributed by atoms with Crippen molar-refractivity contribution < 1.29 is 4.39 Å². The molecule has 1 aromatic carbocycles. The average molecular weight is 357 g/mol. The number of hydrogen-bond acceptors (Lipinski definition) is 5. The quantitative estimate of drug-likeness (QED) is 0.815. The fourth-order valence-corrected chi connectivity index (χ4v) is 3.76. The Morgan fingerprint density at radius 2 is 1.81 bits per heavy atom. The van der Waals surface area contributed by atoms with Crippen molar-refractivity contribution in [3.05, 3.63) is 58.5 Å². The van der Waals surface area contributed by atoms with E-state index in [0.29, 0.717) is 6.04 Å². The molecule has 0 spiro atoms. The van der Waals surface area contributed by atoms with Crippen LogP contribution < -0.4 is 10.5 Å². The number of aryl methyl sites for hydroxylation is 1. The van der Waals surface area contributed by atoms with Gasteiger partial charge in [-0.25, -0.2) is 4.39 Å². The summed E-state index contributed by atoms with van der Waals surface area (Å²) in [6.45, 7) is 6.90. The van der Waals surface area contributed by atoms with Gasteiger partial charge in [0.2, 0.25) is 0 Å². The number of anilines is 1. The minimum atomic E-state index is -0.185. The van der Waals surface area contributed by atoms with Crippen LogP contribution in [0.15, 0.2) is 41.5 Å². The van der Waals surface area contributed by atoms with E-state index in [0.717, 1.165) is 57.2 Å². The van der Waals surface area contributed by atoms with E-state index in [2.05, 4.69) is 19.7 Å². The van der Waals surface area contributed by atoms with Crippen LogP contribution in [0.1, 0.15) is 5.69 Å². The molecular weight excluding hydrogens is 333 g/mol. The number of aromatic nitrogens is 2. The van der Waals surface area contributed by atoms with Crippen molar-refractivity contribution >= 4 is 5.69 Å². The van der Waals surface area contributed by atoms with Crippen molar-refractivity contribution in [1.82, 2.24) is 19.4 Å². The Bertz CT molecular complexity index is 807. The second-order valence-corrected chi connectivity index (χ2v) is 7.18. The summed E-state index contributed by atoms with van der Waals surface area (Å²) in [5, 5.41) is 0. The van der Waals surface area contributed by atoms with Gasteiger partial charge in [-0.05, 0) is 24.3 Å².